The van der Waals surface area contributed by atoms with Gasteiger partial charge < -0.3 is 10.4 Å². The number of hydrogen-bond donors (Lipinski definition) is 2. The fourth-order valence-corrected chi connectivity index (χ4v) is 2.98. The number of carboxylic acid groups (broad SMARTS) is 1. The van der Waals surface area contributed by atoms with Crippen LogP contribution in [-0.2, 0) is 9.59 Å². The minimum atomic E-state index is -0.830. The highest BCUT2D eigenvalue weighted by atomic mass is 16.4. The molecule has 1 amide bonds. The molecule has 1 saturated carbocycles. The highest BCUT2D eigenvalue weighted by Gasteiger charge is 2.41. The number of nitrogens with one attached hydrogen (secondary N) is 1. The first-order valence-electron chi connectivity index (χ1n) is 7.48. The van der Waals surface area contributed by atoms with Crippen molar-refractivity contribution in [1.29, 1.82) is 0 Å². The van der Waals surface area contributed by atoms with Crippen LogP contribution < -0.4 is 5.32 Å². The van der Waals surface area contributed by atoms with E-state index >= 15 is 0 Å². The topological polar surface area (TPSA) is 66.4 Å². The Morgan fingerprint density at radius 1 is 1.26 bits per heavy atom. The third-order valence-electron chi connectivity index (χ3n) is 4.08. The molecule has 4 heteroatoms. The molecule has 0 aromatic rings. The number of carbonyl (C=O) groups excluding carboxylic acids is 1. The zero-order valence-electron chi connectivity index (χ0n) is 12.3. The Bertz CT molecular complexity index is 317. The summed E-state index contributed by atoms with van der Waals surface area (Å²) in [7, 11) is 0. The molecule has 1 fully saturated rings. The molecule has 0 bridgehead atoms. The van der Waals surface area contributed by atoms with E-state index in [-0.39, 0.29) is 17.9 Å². The van der Waals surface area contributed by atoms with Crippen LogP contribution in [0.15, 0.2) is 0 Å². The maximum atomic E-state index is 12.2. The maximum absolute atomic E-state index is 12.2. The van der Waals surface area contributed by atoms with E-state index in [2.05, 4.69) is 12.2 Å². The van der Waals surface area contributed by atoms with Crippen LogP contribution in [-0.4, -0.2) is 23.0 Å². The third kappa shape index (κ3) is 4.84. The molecule has 0 saturated heterocycles. The molecule has 0 aromatic heterocycles. The Kier molecular flexibility index (Phi) is 6.32. The molecule has 110 valence electrons. The fourth-order valence-electron chi connectivity index (χ4n) is 2.98. The van der Waals surface area contributed by atoms with Crippen molar-refractivity contribution in [2.75, 3.05) is 0 Å². The van der Waals surface area contributed by atoms with Crippen LogP contribution in [0.25, 0.3) is 0 Å². The molecule has 1 aliphatic carbocycles. The van der Waals surface area contributed by atoms with Crippen molar-refractivity contribution < 1.29 is 14.7 Å². The summed E-state index contributed by atoms with van der Waals surface area (Å²) in [6.45, 7) is 6.18. The van der Waals surface area contributed by atoms with E-state index in [9.17, 15) is 14.7 Å². The summed E-state index contributed by atoms with van der Waals surface area (Å²) in [5.41, 5.74) is 0. The molecule has 19 heavy (non-hydrogen) atoms. The van der Waals surface area contributed by atoms with Gasteiger partial charge in [0.25, 0.3) is 0 Å². The van der Waals surface area contributed by atoms with Crippen molar-refractivity contribution in [1.82, 2.24) is 5.32 Å². The highest BCUT2D eigenvalue weighted by molar-refractivity contribution is 5.85. The van der Waals surface area contributed by atoms with Crippen molar-refractivity contribution in [3.8, 4) is 0 Å². The minimum absolute atomic E-state index is 0.0688. The Hall–Kier alpha value is -1.06. The molecule has 2 unspecified atom stereocenters. The first-order chi connectivity index (χ1) is 8.95. The average Bonchev–Trinajstić information content (AvgIpc) is 2.72. The van der Waals surface area contributed by atoms with Gasteiger partial charge in [-0.15, -0.1) is 0 Å². The number of amides is 1. The first kappa shape index (κ1) is 16.0. The van der Waals surface area contributed by atoms with E-state index in [0.717, 1.165) is 12.8 Å². The van der Waals surface area contributed by atoms with Gasteiger partial charge in [0.05, 0.1) is 11.8 Å². The van der Waals surface area contributed by atoms with E-state index in [1.54, 1.807) is 0 Å². The van der Waals surface area contributed by atoms with Crippen molar-refractivity contribution >= 4 is 11.9 Å². The second-order valence-corrected chi connectivity index (χ2v) is 6.03. The summed E-state index contributed by atoms with van der Waals surface area (Å²) in [5, 5.41) is 12.2. The number of unbranched alkanes of at least 4 members (excludes halogenated alkanes) is 2. The first-order valence-corrected chi connectivity index (χ1v) is 7.48. The largest absolute Gasteiger partial charge is 0.481 e. The van der Waals surface area contributed by atoms with Crippen LogP contribution in [0.5, 0.6) is 0 Å². The fraction of sp³-hybridized carbons (Fsp3) is 0.867. The summed E-state index contributed by atoms with van der Waals surface area (Å²) in [6.07, 6.45) is 5.75. The molecule has 0 spiro atoms. The number of carboxylic acids is 1. The zero-order valence-corrected chi connectivity index (χ0v) is 12.3. The molecule has 0 aromatic carbocycles. The Balaban J connectivity index is 2.45. The lowest BCUT2D eigenvalue weighted by molar-refractivity contribution is -0.146. The van der Waals surface area contributed by atoms with Gasteiger partial charge >= 0.3 is 5.97 Å². The second-order valence-electron chi connectivity index (χ2n) is 6.03. The zero-order chi connectivity index (χ0) is 14.4. The molecule has 2 N–H and O–H groups in total. The lowest BCUT2D eigenvalue weighted by Crippen LogP contribution is -2.40. The van der Waals surface area contributed by atoms with Gasteiger partial charge in [-0.25, -0.2) is 0 Å². The molecule has 1 aliphatic rings. The Morgan fingerprint density at radius 2 is 1.89 bits per heavy atom. The minimum Gasteiger partial charge on any atom is -0.481 e. The number of carbonyl (C=O) groups is 2. The predicted molar refractivity (Wildman–Crippen MR) is 74.8 cm³/mol. The summed E-state index contributed by atoms with van der Waals surface area (Å²) in [6, 6.07) is 0.143. The van der Waals surface area contributed by atoms with Crippen molar-refractivity contribution in [3.05, 3.63) is 0 Å². The second kappa shape index (κ2) is 7.51. The van der Waals surface area contributed by atoms with Gasteiger partial charge in [-0.2, -0.15) is 0 Å². The molecule has 0 radical (unpaired) electrons. The molecular formula is C15H27NO3. The highest BCUT2D eigenvalue weighted by Crippen LogP contribution is 2.36. The number of aliphatic carboxylic acids is 1. The van der Waals surface area contributed by atoms with Gasteiger partial charge in [0.2, 0.25) is 5.91 Å². The van der Waals surface area contributed by atoms with Gasteiger partial charge in [-0.1, -0.05) is 33.1 Å². The van der Waals surface area contributed by atoms with E-state index in [1.807, 2.05) is 13.8 Å². The molecular weight excluding hydrogens is 242 g/mol. The summed E-state index contributed by atoms with van der Waals surface area (Å²) < 4.78 is 0. The monoisotopic (exact) mass is 269 g/mol. The quantitative estimate of drug-likeness (QED) is 0.698. The van der Waals surface area contributed by atoms with Crippen LogP contribution in [0, 0.1) is 17.8 Å². The van der Waals surface area contributed by atoms with Gasteiger partial charge in [0, 0.05) is 6.04 Å². The third-order valence-corrected chi connectivity index (χ3v) is 4.08. The molecule has 1 rings (SSSR count). The van der Waals surface area contributed by atoms with Gasteiger partial charge in [0.1, 0.15) is 0 Å². The van der Waals surface area contributed by atoms with E-state index in [4.69, 9.17) is 0 Å². The van der Waals surface area contributed by atoms with Crippen molar-refractivity contribution in [2.45, 2.75) is 65.3 Å². The SMILES string of the molecule is CCCCCC(C)NC(=O)[C@H]1CC(C)C[C@H]1C(=O)O. The van der Waals surface area contributed by atoms with E-state index < -0.39 is 11.9 Å². The van der Waals surface area contributed by atoms with Gasteiger partial charge in [0.15, 0.2) is 0 Å². The smallest absolute Gasteiger partial charge is 0.307 e. The van der Waals surface area contributed by atoms with Crippen LogP contribution in [0.3, 0.4) is 0 Å². The lowest BCUT2D eigenvalue weighted by Gasteiger charge is -2.19. The predicted octanol–water partition coefficient (Wildman–Crippen LogP) is 2.82. The molecule has 0 aliphatic heterocycles. The van der Waals surface area contributed by atoms with E-state index in [1.165, 1.54) is 12.8 Å². The standard InChI is InChI=1S/C15H27NO3/c1-4-5-6-7-11(3)16-14(17)12-8-10(2)9-13(12)15(18)19/h10-13H,4-9H2,1-3H3,(H,16,17)(H,18,19)/t10?,11?,12-,13+/m0/s1. The van der Waals surface area contributed by atoms with Crippen LogP contribution in [0.1, 0.15) is 59.3 Å². The summed E-state index contributed by atoms with van der Waals surface area (Å²) in [4.78, 5) is 23.4. The number of hydrogen-bond acceptors (Lipinski definition) is 2. The van der Waals surface area contributed by atoms with Crippen molar-refractivity contribution in [2.24, 2.45) is 17.8 Å². The molecule has 0 heterocycles. The normalized spacial score (nSPS) is 28.1. The van der Waals surface area contributed by atoms with Crippen LogP contribution in [0.2, 0.25) is 0 Å². The van der Waals surface area contributed by atoms with E-state index in [0.29, 0.717) is 18.8 Å². The Morgan fingerprint density at radius 3 is 2.47 bits per heavy atom. The Labute approximate surface area is 116 Å². The van der Waals surface area contributed by atoms with Gasteiger partial charge in [-0.3, -0.25) is 9.59 Å². The van der Waals surface area contributed by atoms with Crippen molar-refractivity contribution in [3.63, 3.8) is 0 Å². The van der Waals surface area contributed by atoms with Crippen LogP contribution >= 0.6 is 0 Å². The molecule has 4 nitrogen and oxygen atoms in total. The summed E-state index contributed by atoms with van der Waals surface area (Å²) in [5.74, 6) is -1.42. The number of rotatable bonds is 7. The van der Waals surface area contributed by atoms with Gasteiger partial charge in [-0.05, 0) is 32.1 Å². The lowest BCUT2D eigenvalue weighted by atomic mass is 9.95. The maximum Gasteiger partial charge on any atom is 0.307 e. The molecule has 4 atom stereocenters. The van der Waals surface area contributed by atoms with Crippen LogP contribution in [0.4, 0.5) is 0 Å². The summed E-state index contributed by atoms with van der Waals surface area (Å²) >= 11 is 0. The average molecular weight is 269 g/mol.